The Labute approximate surface area is 136 Å². The molecule has 0 saturated carbocycles. The molecular formula is C21H30O. The molecule has 0 fully saturated rings. The van der Waals surface area contributed by atoms with Gasteiger partial charge in [0, 0.05) is 0 Å². The first-order valence-corrected chi connectivity index (χ1v) is 8.20. The Bertz CT molecular complexity index is 543. The highest BCUT2D eigenvalue weighted by molar-refractivity contribution is 5.33. The first kappa shape index (κ1) is 18.3. The first-order valence-electron chi connectivity index (χ1n) is 8.20. The second-order valence-electron chi connectivity index (χ2n) is 6.29. The zero-order valence-corrected chi connectivity index (χ0v) is 14.5. The Kier molecular flexibility index (Phi) is 8.35. The fourth-order valence-electron chi connectivity index (χ4n) is 2.31. The Balaban J connectivity index is 2.36. The van der Waals surface area contributed by atoms with Gasteiger partial charge in [0.1, 0.15) is 5.75 Å². The van der Waals surface area contributed by atoms with E-state index in [2.05, 4.69) is 45.9 Å². The van der Waals surface area contributed by atoms with Crippen molar-refractivity contribution < 1.29 is 5.11 Å². The highest BCUT2D eigenvalue weighted by Gasteiger charge is 1.97. The molecule has 22 heavy (non-hydrogen) atoms. The molecule has 0 bridgehead atoms. The summed E-state index contributed by atoms with van der Waals surface area (Å²) in [6.45, 7) is 8.70. The molecule has 1 heteroatoms. The van der Waals surface area contributed by atoms with Gasteiger partial charge in [-0.15, -0.1) is 0 Å². The quantitative estimate of drug-likeness (QED) is 0.554. The van der Waals surface area contributed by atoms with Gasteiger partial charge in [-0.2, -0.15) is 0 Å². The van der Waals surface area contributed by atoms with Gasteiger partial charge in [-0.25, -0.2) is 0 Å². The molecule has 0 spiro atoms. The van der Waals surface area contributed by atoms with E-state index in [-0.39, 0.29) is 0 Å². The molecule has 0 radical (unpaired) electrons. The van der Waals surface area contributed by atoms with Crippen LogP contribution in [0.4, 0.5) is 0 Å². The standard InChI is InChI=1S/C21H30O/c1-17(2)9-7-10-18(3)11-8-12-19(4)15-16-20-13-5-6-14-21(20)22/h5-6,9,11,13-15,22H,7-8,10,12,16H2,1-4H3/b18-11+,19-15+. The lowest BCUT2D eigenvalue weighted by Gasteiger charge is -2.03. The van der Waals surface area contributed by atoms with Crippen LogP contribution in [0.1, 0.15) is 58.9 Å². The van der Waals surface area contributed by atoms with E-state index in [0.29, 0.717) is 5.75 Å². The van der Waals surface area contributed by atoms with Crippen LogP contribution in [0.15, 0.2) is 59.2 Å². The summed E-state index contributed by atoms with van der Waals surface area (Å²) in [5, 5.41) is 9.75. The number of allylic oxidation sites excluding steroid dienone is 6. The van der Waals surface area contributed by atoms with Crippen molar-refractivity contribution in [1.29, 1.82) is 0 Å². The Hall–Kier alpha value is -1.76. The van der Waals surface area contributed by atoms with Crippen LogP contribution in [-0.2, 0) is 6.42 Å². The molecule has 0 aliphatic carbocycles. The van der Waals surface area contributed by atoms with Crippen molar-refractivity contribution in [2.24, 2.45) is 0 Å². The van der Waals surface area contributed by atoms with Crippen molar-refractivity contribution in [2.45, 2.75) is 59.8 Å². The van der Waals surface area contributed by atoms with Gasteiger partial charge in [0.15, 0.2) is 0 Å². The molecule has 120 valence electrons. The van der Waals surface area contributed by atoms with Crippen LogP contribution < -0.4 is 0 Å². The van der Waals surface area contributed by atoms with E-state index in [9.17, 15) is 5.11 Å². The van der Waals surface area contributed by atoms with E-state index >= 15 is 0 Å². The smallest absolute Gasteiger partial charge is 0.119 e. The van der Waals surface area contributed by atoms with Crippen LogP contribution in [0.5, 0.6) is 5.75 Å². The molecule has 1 rings (SSSR count). The lowest BCUT2D eigenvalue weighted by molar-refractivity contribution is 0.469. The summed E-state index contributed by atoms with van der Waals surface area (Å²) in [5.41, 5.74) is 5.26. The summed E-state index contributed by atoms with van der Waals surface area (Å²) in [6, 6.07) is 7.55. The molecule has 0 saturated heterocycles. The maximum Gasteiger partial charge on any atom is 0.119 e. The molecule has 1 N–H and O–H groups in total. The van der Waals surface area contributed by atoms with E-state index in [1.165, 1.54) is 16.7 Å². The molecule has 0 atom stereocenters. The average molecular weight is 298 g/mol. The minimum atomic E-state index is 0.390. The number of phenols is 1. The lowest BCUT2D eigenvalue weighted by Crippen LogP contribution is -1.85. The zero-order valence-electron chi connectivity index (χ0n) is 14.5. The van der Waals surface area contributed by atoms with Crippen LogP contribution in [0.2, 0.25) is 0 Å². The number of phenolic OH excluding ortho intramolecular Hbond substituents is 1. The van der Waals surface area contributed by atoms with Crippen molar-refractivity contribution in [3.8, 4) is 5.75 Å². The van der Waals surface area contributed by atoms with E-state index < -0.39 is 0 Å². The fraction of sp³-hybridized carbons (Fsp3) is 0.429. The highest BCUT2D eigenvalue weighted by Crippen LogP contribution is 2.18. The van der Waals surface area contributed by atoms with Gasteiger partial charge >= 0.3 is 0 Å². The van der Waals surface area contributed by atoms with E-state index in [1.807, 2.05) is 18.2 Å². The maximum atomic E-state index is 9.75. The molecule has 1 aromatic rings. The summed E-state index contributed by atoms with van der Waals surface area (Å²) >= 11 is 0. The van der Waals surface area contributed by atoms with Gasteiger partial charge in [0.25, 0.3) is 0 Å². The van der Waals surface area contributed by atoms with Crippen LogP contribution >= 0.6 is 0 Å². The molecular weight excluding hydrogens is 268 g/mol. The Morgan fingerprint density at radius 2 is 1.45 bits per heavy atom. The van der Waals surface area contributed by atoms with Gasteiger partial charge in [-0.05, 0) is 71.4 Å². The topological polar surface area (TPSA) is 20.2 Å². The first-order chi connectivity index (χ1) is 10.5. The van der Waals surface area contributed by atoms with Crippen molar-refractivity contribution in [2.75, 3.05) is 0 Å². The third-order valence-electron chi connectivity index (χ3n) is 3.78. The second kappa shape index (κ2) is 10.0. The highest BCUT2D eigenvalue weighted by atomic mass is 16.3. The minimum absolute atomic E-state index is 0.390. The molecule has 0 unspecified atom stereocenters. The van der Waals surface area contributed by atoms with Crippen LogP contribution in [0.3, 0.4) is 0 Å². The summed E-state index contributed by atoms with van der Waals surface area (Å²) in [4.78, 5) is 0. The Morgan fingerprint density at radius 3 is 2.09 bits per heavy atom. The fourth-order valence-corrected chi connectivity index (χ4v) is 2.31. The van der Waals surface area contributed by atoms with Crippen molar-refractivity contribution in [1.82, 2.24) is 0 Å². The zero-order chi connectivity index (χ0) is 16.4. The Morgan fingerprint density at radius 1 is 0.864 bits per heavy atom. The summed E-state index contributed by atoms with van der Waals surface area (Å²) < 4.78 is 0. The second-order valence-corrected chi connectivity index (χ2v) is 6.29. The maximum absolute atomic E-state index is 9.75. The number of hydrogen-bond acceptors (Lipinski definition) is 1. The molecule has 1 aromatic carbocycles. The van der Waals surface area contributed by atoms with Crippen LogP contribution in [0.25, 0.3) is 0 Å². The number of para-hydroxylation sites is 1. The minimum Gasteiger partial charge on any atom is -0.508 e. The number of hydrogen-bond donors (Lipinski definition) is 1. The molecule has 0 heterocycles. The van der Waals surface area contributed by atoms with Crippen molar-refractivity contribution in [3.63, 3.8) is 0 Å². The normalized spacial score (nSPS) is 12.4. The molecule has 0 aromatic heterocycles. The van der Waals surface area contributed by atoms with Gasteiger partial charge in [-0.3, -0.25) is 0 Å². The lowest BCUT2D eigenvalue weighted by atomic mass is 10.0. The number of rotatable bonds is 8. The monoisotopic (exact) mass is 298 g/mol. The van der Waals surface area contributed by atoms with Crippen LogP contribution in [-0.4, -0.2) is 5.11 Å². The summed E-state index contributed by atoms with van der Waals surface area (Å²) in [7, 11) is 0. The average Bonchev–Trinajstić information content (AvgIpc) is 2.46. The summed E-state index contributed by atoms with van der Waals surface area (Å²) in [6.07, 6.45) is 12.2. The number of benzene rings is 1. The third kappa shape index (κ3) is 7.87. The van der Waals surface area contributed by atoms with Crippen LogP contribution in [0, 0.1) is 0 Å². The van der Waals surface area contributed by atoms with Crippen molar-refractivity contribution >= 4 is 0 Å². The molecule has 1 nitrogen and oxygen atoms in total. The molecule has 0 amide bonds. The molecule has 0 aliphatic rings. The van der Waals surface area contributed by atoms with Crippen molar-refractivity contribution in [3.05, 3.63) is 64.8 Å². The van der Waals surface area contributed by atoms with E-state index in [4.69, 9.17) is 0 Å². The van der Waals surface area contributed by atoms with Gasteiger partial charge in [-0.1, -0.05) is 53.1 Å². The predicted octanol–water partition coefficient (Wildman–Crippen LogP) is 6.35. The SMILES string of the molecule is CC(C)=CCC/C(C)=C/CC/C(C)=C/Cc1ccccc1O. The number of aromatic hydroxyl groups is 1. The van der Waals surface area contributed by atoms with E-state index in [1.54, 1.807) is 6.07 Å². The summed E-state index contributed by atoms with van der Waals surface area (Å²) in [5.74, 6) is 0.390. The molecule has 0 aliphatic heterocycles. The van der Waals surface area contributed by atoms with E-state index in [0.717, 1.165) is 37.7 Å². The third-order valence-corrected chi connectivity index (χ3v) is 3.78. The predicted molar refractivity (Wildman–Crippen MR) is 97.2 cm³/mol. The van der Waals surface area contributed by atoms with Gasteiger partial charge in [0.05, 0.1) is 0 Å². The van der Waals surface area contributed by atoms with Gasteiger partial charge < -0.3 is 5.11 Å². The van der Waals surface area contributed by atoms with Gasteiger partial charge in [0.2, 0.25) is 0 Å². The largest absolute Gasteiger partial charge is 0.508 e.